The van der Waals surface area contributed by atoms with Gasteiger partial charge in [-0.15, -0.1) is 5.10 Å². The highest BCUT2D eigenvalue weighted by Gasteiger charge is 2.31. The van der Waals surface area contributed by atoms with E-state index in [0.29, 0.717) is 23.2 Å². The van der Waals surface area contributed by atoms with E-state index >= 15 is 0 Å². The van der Waals surface area contributed by atoms with E-state index in [0.717, 1.165) is 24.2 Å². The summed E-state index contributed by atoms with van der Waals surface area (Å²) in [6.07, 6.45) is 6.29. The van der Waals surface area contributed by atoms with Crippen LogP contribution in [0.4, 0.5) is 5.82 Å². The summed E-state index contributed by atoms with van der Waals surface area (Å²) < 4.78 is 1.80. The van der Waals surface area contributed by atoms with E-state index in [-0.39, 0.29) is 5.91 Å². The molecule has 0 bridgehead atoms. The van der Waals surface area contributed by atoms with Crippen LogP contribution in [0.3, 0.4) is 0 Å². The zero-order chi connectivity index (χ0) is 14.4. The molecule has 2 heterocycles. The Bertz CT molecular complexity index is 683. The molecule has 2 saturated carbocycles. The van der Waals surface area contributed by atoms with Crippen molar-refractivity contribution in [3.8, 4) is 0 Å². The maximum atomic E-state index is 12.4. The number of anilines is 1. The van der Waals surface area contributed by atoms with E-state index in [1.807, 2.05) is 19.2 Å². The molecule has 4 rings (SSSR count). The lowest BCUT2D eigenvalue weighted by molar-refractivity contribution is 0.102. The Morgan fingerprint density at radius 3 is 2.57 bits per heavy atom. The minimum atomic E-state index is -0.154. The molecule has 0 saturated heterocycles. The summed E-state index contributed by atoms with van der Waals surface area (Å²) >= 11 is 0. The van der Waals surface area contributed by atoms with Crippen LogP contribution in [-0.2, 0) is 7.05 Å². The molecular weight excluding hydrogens is 266 g/mol. The van der Waals surface area contributed by atoms with Crippen molar-refractivity contribution >= 4 is 11.7 Å². The van der Waals surface area contributed by atoms with Crippen molar-refractivity contribution in [2.45, 2.75) is 37.5 Å². The molecule has 2 aromatic rings. The lowest BCUT2D eigenvalue weighted by atomic mass is 10.1. The van der Waals surface area contributed by atoms with Gasteiger partial charge in [-0.3, -0.25) is 9.48 Å². The average Bonchev–Trinajstić information content (AvgIpc) is 3.38. The van der Waals surface area contributed by atoms with Gasteiger partial charge in [-0.2, -0.15) is 10.2 Å². The van der Waals surface area contributed by atoms with E-state index in [1.165, 1.54) is 12.8 Å². The summed E-state index contributed by atoms with van der Waals surface area (Å²) in [5, 5.41) is 15.3. The van der Waals surface area contributed by atoms with Crippen molar-refractivity contribution < 1.29 is 4.79 Å². The second-order valence-corrected chi connectivity index (χ2v) is 5.91. The Morgan fingerprint density at radius 2 is 1.95 bits per heavy atom. The van der Waals surface area contributed by atoms with Gasteiger partial charge in [-0.1, -0.05) is 0 Å². The Balaban J connectivity index is 1.52. The minimum Gasteiger partial charge on any atom is -0.305 e. The summed E-state index contributed by atoms with van der Waals surface area (Å²) in [4.78, 5) is 12.4. The summed E-state index contributed by atoms with van der Waals surface area (Å²) in [5.74, 6) is 1.39. The molecule has 108 valence electrons. The first-order valence-corrected chi connectivity index (χ1v) is 7.39. The fraction of sp³-hybridized carbons (Fsp3) is 0.467. The second-order valence-electron chi connectivity index (χ2n) is 5.91. The highest BCUT2D eigenvalue weighted by atomic mass is 16.1. The predicted molar refractivity (Wildman–Crippen MR) is 77.1 cm³/mol. The van der Waals surface area contributed by atoms with Crippen LogP contribution in [0.25, 0.3) is 0 Å². The zero-order valence-electron chi connectivity index (χ0n) is 11.9. The van der Waals surface area contributed by atoms with Crippen molar-refractivity contribution in [1.29, 1.82) is 0 Å². The monoisotopic (exact) mass is 283 g/mol. The first-order valence-electron chi connectivity index (χ1n) is 7.39. The van der Waals surface area contributed by atoms with Gasteiger partial charge in [0, 0.05) is 18.9 Å². The van der Waals surface area contributed by atoms with Crippen LogP contribution in [0.15, 0.2) is 18.3 Å². The average molecular weight is 283 g/mol. The summed E-state index contributed by atoms with van der Waals surface area (Å²) in [6, 6.07) is 3.77. The lowest BCUT2D eigenvalue weighted by Crippen LogP contribution is -2.15. The third kappa shape index (κ3) is 2.41. The molecule has 0 aliphatic heterocycles. The van der Waals surface area contributed by atoms with Crippen LogP contribution in [0, 0.1) is 0 Å². The Hall–Kier alpha value is -2.24. The number of nitrogens with one attached hydrogen (secondary N) is 1. The molecule has 2 aliphatic rings. The van der Waals surface area contributed by atoms with Gasteiger partial charge in [0.1, 0.15) is 0 Å². The largest absolute Gasteiger partial charge is 0.305 e. The third-order valence-corrected chi connectivity index (χ3v) is 4.12. The molecule has 1 N–H and O–H groups in total. The smallest absolute Gasteiger partial charge is 0.260 e. The molecule has 0 radical (unpaired) electrons. The van der Waals surface area contributed by atoms with Crippen LogP contribution in [-0.4, -0.2) is 25.9 Å². The minimum absolute atomic E-state index is 0.154. The predicted octanol–water partition coefficient (Wildman–Crippen LogP) is 2.22. The molecule has 1 amide bonds. The number of rotatable bonds is 4. The number of hydrogen-bond donors (Lipinski definition) is 1. The fourth-order valence-corrected chi connectivity index (χ4v) is 2.65. The van der Waals surface area contributed by atoms with Gasteiger partial charge >= 0.3 is 0 Å². The van der Waals surface area contributed by atoms with Crippen molar-refractivity contribution in [3.05, 3.63) is 35.3 Å². The standard InChI is InChI=1S/C15H17N5O/c1-20-14(10-4-5-10)11(8-16-20)15(21)17-13-7-6-12(18-19-13)9-2-3-9/h6-10H,2-5H2,1H3,(H,17,19,21). The van der Waals surface area contributed by atoms with Gasteiger partial charge in [0.2, 0.25) is 0 Å². The van der Waals surface area contributed by atoms with Crippen molar-refractivity contribution in [3.63, 3.8) is 0 Å². The van der Waals surface area contributed by atoms with Gasteiger partial charge in [-0.05, 0) is 37.8 Å². The first kappa shape index (κ1) is 12.5. The molecule has 6 nitrogen and oxygen atoms in total. The SMILES string of the molecule is Cn1ncc(C(=O)Nc2ccc(C3CC3)nn2)c1C1CC1. The van der Waals surface area contributed by atoms with Crippen LogP contribution in [0.2, 0.25) is 0 Å². The van der Waals surface area contributed by atoms with Gasteiger partial charge in [0.25, 0.3) is 5.91 Å². The maximum Gasteiger partial charge on any atom is 0.260 e. The molecule has 21 heavy (non-hydrogen) atoms. The summed E-state index contributed by atoms with van der Waals surface area (Å²) in [7, 11) is 1.88. The molecule has 0 unspecified atom stereocenters. The van der Waals surface area contributed by atoms with Crippen LogP contribution in [0.1, 0.15) is 59.3 Å². The molecular formula is C15H17N5O. The Morgan fingerprint density at radius 1 is 1.19 bits per heavy atom. The quantitative estimate of drug-likeness (QED) is 0.933. The number of hydrogen-bond acceptors (Lipinski definition) is 4. The van der Waals surface area contributed by atoms with Crippen LogP contribution in [0.5, 0.6) is 0 Å². The van der Waals surface area contributed by atoms with E-state index in [1.54, 1.807) is 10.9 Å². The van der Waals surface area contributed by atoms with Gasteiger partial charge in [-0.25, -0.2) is 0 Å². The molecule has 2 aliphatic carbocycles. The molecule has 2 aromatic heterocycles. The molecule has 2 fully saturated rings. The van der Waals surface area contributed by atoms with Crippen molar-refractivity contribution in [1.82, 2.24) is 20.0 Å². The van der Waals surface area contributed by atoms with E-state index in [4.69, 9.17) is 0 Å². The summed E-state index contributed by atoms with van der Waals surface area (Å²) in [5.41, 5.74) is 2.69. The third-order valence-electron chi connectivity index (χ3n) is 4.12. The van der Waals surface area contributed by atoms with Crippen LogP contribution >= 0.6 is 0 Å². The van der Waals surface area contributed by atoms with Gasteiger partial charge in [0.05, 0.1) is 23.1 Å². The second kappa shape index (κ2) is 4.65. The lowest BCUT2D eigenvalue weighted by Gasteiger charge is -2.06. The number of aromatic nitrogens is 4. The first-order chi connectivity index (χ1) is 10.2. The Kier molecular flexibility index (Phi) is 2.77. The van der Waals surface area contributed by atoms with Crippen molar-refractivity contribution in [2.75, 3.05) is 5.32 Å². The summed E-state index contributed by atoms with van der Waals surface area (Å²) in [6.45, 7) is 0. The highest BCUT2D eigenvalue weighted by Crippen LogP contribution is 2.41. The number of nitrogens with zero attached hydrogens (tertiary/aromatic N) is 4. The normalized spacial score (nSPS) is 17.8. The number of carbonyl (C=O) groups excluding carboxylic acids is 1. The highest BCUT2D eigenvalue weighted by molar-refractivity contribution is 6.04. The Labute approximate surface area is 122 Å². The van der Waals surface area contributed by atoms with Crippen LogP contribution < -0.4 is 5.32 Å². The molecule has 0 spiro atoms. The van der Waals surface area contributed by atoms with E-state index in [2.05, 4.69) is 20.6 Å². The topological polar surface area (TPSA) is 72.7 Å². The zero-order valence-corrected chi connectivity index (χ0v) is 11.9. The fourth-order valence-electron chi connectivity index (χ4n) is 2.65. The molecule has 0 atom stereocenters. The van der Waals surface area contributed by atoms with Crippen molar-refractivity contribution in [2.24, 2.45) is 7.05 Å². The number of aryl methyl sites for hydroxylation is 1. The molecule has 6 heteroatoms. The van der Waals surface area contributed by atoms with Gasteiger partial charge < -0.3 is 5.32 Å². The van der Waals surface area contributed by atoms with E-state index < -0.39 is 0 Å². The van der Waals surface area contributed by atoms with Gasteiger partial charge in [0.15, 0.2) is 5.82 Å². The van der Waals surface area contributed by atoms with E-state index in [9.17, 15) is 4.79 Å². The number of amides is 1. The molecule has 0 aromatic carbocycles. The maximum absolute atomic E-state index is 12.4. The number of carbonyl (C=O) groups is 1.